The van der Waals surface area contributed by atoms with Crippen molar-refractivity contribution in [1.29, 1.82) is 0 Å². The van der Waals surface area contributed by atoms with Crippen LogP contribution in [0.4, 0.5) is 17.1 Å². The monoisotopic (exact) mass is 979 g/mol. The van der Waals surface area contributed by atoms with Gasteiger partial charge in [-0.3, -0.25) is 0 Å². The van der Waals surface area contributed by atoms with Crippen molar-refractivity contribution >= 4 is 82.2 Å². The standard InChI is InChI=1S/C74H49N3/c1-5-21-50(22-6-1)51-37-41-60(42-38-51)75(57-23-7-2-8-24-57)74-67-33-15-13-31-65(67)73(66-32-14-16-34-68(66)74)56-46-54(52-39-43-63-61-29-17-19-35-69(61)76(71(63)48-52)58-25-9-3-10-26-58)45-55(47-56)53-40-44-64-62-30-18-20-36-70(62)77(72(64)49-53)59-27-11-4-12-28-59/h1-49H. The predicted molar refractivity (Wildman–Crippen MR) is 327 cm³/mol. The van der Waals surface area contributed by atoms with Gasteiger partial charge in [-0.1, -0.05) is 206 Å². The summed E-state index contributed by atoms with van der Waals surface area (Å²) in [6.07, 6.45) is 0. The Morgan fingerprint density at radius 2 is 0.558 bits per heavy atom. The molecule has 0 atom stereocenters. The van der Waals surface area contributed by atoms with Crippen molar-refractivity contribution in [2.24, 2.45) is 0 Å². The van der Waals surface area contributed by atoms with Gasteiger partial charge < -0.3 is 14.0 Å². The SMILES string of the molecule is c1ccc(-c2ccc(N(c3ccccc3)c3c4ccccc4c(-c4cc(-c5ccc6c7ccccc7n(-c7ccccc7)c6c5)cc(-c5ccc6c7ccccc7n(-c7ccccc7)c6c5)c4)c4ccccc34)cc2)cc1. The average molecular weight is 980 g/mol. The van der Waals surface area contributed by atoms with Crippen molar-refractivity contribution in [3.05, 3.63) is 297 Å². The summed E-state index contributed by atoms with van der Waals surface area (Å²) < 4.78 is 4.84. The van der Waals surface area contributed by atoms with Crippen LogP contribution in [-0.4, -0.2) is 9.13 Å². The fourth-order valence-corrected chi connectivity index (χ4v) is 12.2. The Balaban J connectivity index is 0.996. The first kappa shape index (κ1) is 44.3. The molecule has 0 aliphatic rings. The Kier molecular flexibility index (Phi) is 10.5. The molecule has 3 nitrogen and oxygen atoms in total. The van der Waals surface area contributed by atoms with Gasteiger partial charge in [0.15, 0.2) is 0 Å². The van der Waals surface area contributed by atoms with Crippen LogP contribution in [0.15, 0.2) is 297 Å². The number of anilines is 3. The van der Waals surface area contributed by atoms with Gasteiger partial charge in [0, 0.05) is 55.1 Å². The molecule has 2 aromatic heterocycles. The highest BCUT2D eigenvalue weighted by atomic mass is 15.1. The molecule has 0 unspecified atom stereocenters. The van der Waals surface area contributed by atoms with E-state index in [1.165, 1.54) is 81.8 Å². The summed E-state index contributed by atoms with van der Waals surface area (Å²) in [5, 5.41) is 9.66. The maximum absolute atomic E-state index is 2.45. The lowest BCUT2D eigenvalue weighted by Crippen LogP contribution is -2.11. The van der Waals surface area contributed by atoms with Crippen LogP contribution in [0.5, 0.6) is 0 Å². The lowest BCUT2D eigenvalue weighted by molar-refractivity contribution is 1.18. The average Bonchev–Trinajstić information content (AvgIpc) is 4.10. The van der Waals surface area contributed by atoms with E-state index in [0.717, 1.165) is 56.3 Å². The van der Waals surface area contributed by atoms with Crippen LogP contribution < -0.4 is 4.90 Å². The van der Waals surface area contributed by atoms with Crippen molar-refractivity contribution in [1.82, 2.24) is 9.13 Å². The maximum Gasteiger partial charge on any atom is 0.0618 e. The van der Waals surface area contributed by atoms with Crippen molar-refractivity contribution in [3.63, 3.8) is 0 Å². The molecule has 360 valence electrons. The highest BCUT2D eigenvalue weighted by Gasteiger charge is 2.24. The first-order chi connectivity index (χ1) is 38.2. The van der Waals surface area contributed by atoms with Crippen LogP contribution in [0.1, 0.15) is 0 Å². The van der Waals surface area contributed by atoms with E-state index in [4.69, 9.17) is 0 Å². The van der Waals surface area contributed by atoms with Gasteiger partial charge in [-0.05, 0) is 146 Å². The number of para-hydroxylation sites is 5. The molecule has 0 bridgehead atoms. The van der Waals surface area contributed by atoms with Gasteiger partial charge in [0.05, 0.1) is 27.8 Å². The van der Waals surface area contributed by atoms with Gasteiger partial charge in [-0.25, -0.2) is 0 Å². The van der Waals surface area contributed by atoms with Crippen molar-refractivity contribution in [3.8, 4) is 55.9 Å². The maximum atomic E-state index is 2.45. The Bertz CT molecular complexity index is 4480. The molecular formula is C74H49N3. The van der Waals surface area contributed by atoms with Gasteiger partial charge in [0.1, 0.15) is 0 Å². The zero-order valence-corrected chi connectivity index (χ0v) is 42.1. The molecule has 0 N–H and O–H groups in total. The summed E-state index contributed by atoms with van der Waals surface area (Å²) in [5.74, 6) is 0. The zero-order valence-electron chi connectivity index (χ0n) is 42.1. The van der Waals surface area contributed by atoms with E-state index in [-0.39, 0.29) is 0 Å². The lowest BCUT2D eigenvalue weighted by atomic mass is 9.87. The van der Waals surface area contributed by atoms with Crippen LogP contribution >= 0.6 is 0 Å². The summed E-state index contributed by atoms with van der Waals surface area (Å²) in [5.41, 5.74) is 19.7. The van der Waals surface area contributed by atoms with Gasteiger partial charge in [0.25, 0.3) is 0 Å². The second kappa shape index (κ2) is 18.3. The largest absolute Gasteiger partial charge is 0.309 e. The van der Waals surface area contributed by atoms with E-state index < -0.39 is 0 Å². The topological polar surface area (TPSA) is 13.1 Å². The van der Waals surface area contributed by atoms with Gasteiger partial charge in [-0.15, -0.1) is 0 Å². The molecule has 0 aliphatic carbocycles. The van der Waals surface area contributed by atoms with Crippen molar-refractivity contribution in [2.75, 3.05) is 4.90 Å². The summed E-state index contributed by atoms with van der Waals surface area (Å²) in [4.78, 5) is 2.45. The summed E-state index contributed by atoms with van der Waals surface area (Å²) in [6.45, 7) is 0. The van der Waals surface area contributed by atoms with Gasteiger partial charge >= 0.3 is 0 Å². The second-order valence-corrected chi connectivity index (χ2v) is 20.0. The van der Waals surface area contributed by atoms with E-state index >= 15 is 0 Å². The molecule has 0 radical (unpaired) electrons. The van der Waals surface area contributed by atoms with E-state index in [2.05, 4.69) is 311 Å². The molecule has 0 spiro atoms. The normalized spacial score (nSPS) is 11.6. The Morgan fingerprint density at radius 3 is 1.05 bits per heavy atom. The minimum absolute atomic E-state index is 1.09. The van der Waals surface area contributed by atoms with Crippen LogP contribution in [-0.2, 0) is 0 Å². The van der Waals surface area contributed by atoms with E-state index in [1.54, 1.807) is 0 Å². The van der Waals surface area contributed by atoms with Gasteiger partial charge in [-0.2, -0.15) is 0 Å². The number of rotatable bonds is 9. The number of benzene rings is 13. The molecule has 2 heterocycles. The zero-order chi connectivity index (χ0) is 50.8. The first-order valence-corrected chi connectivity index (χ1v) is 26.5. The lowest BCUT2D eigenvalue weighted by Gasteiger charge is -2.29. The third kappa shape index (κ3) is 7.43. The molecule has 0 amide bonds. The quantitative estimate of drug-likeness (QED) is 0.131. The molecule has 3 heteroatoms. The predicted octanol–water partition coefficient (Wildman–Crippen LogP) is 20.3. The van der Waals surface area contributed by atoms with Crippen molar-refractivity contribution in [2.45, 2.75) is 0 Å². The highest BCUT2D eigenvalue weighted by molar-refractivity contribution is 6.23. The molecule has 0 fully saturated rings. The van der Waals surface area contributed by atoms with E-state index in [1.807, 2.05) is 0 Å². The summed E-state index contributed by atoms with van der Waals surface area (Å²) >= 11 is 0. The number of hydrogen-bond acceptors (Lipinski definition) is 1. The molecule has 13 aromatic carbocycles. The Morgan fingerprint density at radius 1 is 0.208 bits per heavy atom. The molecule has 0 saturated carbocycles. The van der Waals surface area contributed by atoms with Crippen LogP contribution in [0, 0.1) is 0 Å². The number of nitrogens with zero attached hydrogens (tertiary/aromatic N) is 3. The first-order valence-electron chi connectivity index (χ1n) is 26.5. The smallest absolute Gasteiger partial charge is 0.0618 e. The molecule has 0 saturated heterocycles. The van der Waals surface area contributed by atoms with Crippen LogP contribution in [0.3, 0.4) is 0 Å². The van der Waals surface area contributed by atoms with Gasteiger partial charge in [0.2, 0.25) is 0 Å². The minimum Gasteiger partial charge on any atom is -0.309 e. The van der Waals surface area contributed by atoms with E-state index in [0.29, 0.717) is 0 Å². The molecule has 77 heavy (non-hydrogen) atoms. The van der Waals surface area contributed by atoms with E-state index in [9.17, 15) is 0 Å². The van der Waals surface area contributed by atoms with Crippen LogP contribution in [0.2, 0.25) is 0 Å². The third-order valence-corrected chi connectivity index (χ3v) is 15.6. The highest BCUT2D eigenvalue weighted by Crippen LogP contribution is 2.50. The number of hydrogen-bond donors (Lipinski definition) is 0. The number of aromatic nitrogens is 2. The third-order valence-electron chi connectivity index (χ3n) is 15.6. The molecule has 15 aromatic rings. The Labute approximate surface area is 447 Å². The number of fused-ring (bicyclic) bond motifs is 8. The Hall–Kier alpha value is -10.2. The molecule has 15 rings (SSSR count). The molecule has 0 aliphatic heterocycles. The minimum atomic E-state index is 1.09. The fourth-order valence-electron chi connectivity index (χ4n) is 12.2. The second-order valence-electron chi connectivity index (χ2n) is 20.0. The molecular weight excluding hydrogens is 931 g/mol. The summed E-state index contributed by atoms with van der Waals surface area (Å²) in [7, 11) is 0. The van der Waals surface area contributed by atoms with Crippen LogP contribution in [0.25, 0.3) is 121 Å². The summed E-state index contributed by atoms with van der Waals surface area (Å²) in [6, 6.07) is 109. The fraction of sp³-hybridized carbons (Fsp3) is 0. The van der Waals surface area contributed by atoms with Crippen molar-refractivity contribution < 1.29 is 0 Å².